The van der Waals surface area contributed by atoms with Crippen molar-refractivity contribution in [2.45, 2.75) is 25.3 Å². The summed E-state index contributed by atoms with van der Waals surface area (Å²) in [5.74, 6) is -0.943. The van der Waals surface area contributed by atoms with Gasteiger partial charge in [-0.2, -0.15) is 0 Å². The Morgan fingerprint density at radius 2 is 2.21 bits per heavy atom. The molecule has 1 N–H and O–H groups in total. The zero-order chi connectivity index (χ0) is 13.2. The number of hydrogen-bond acceptors (Lipinski definition) is 4. The lowest BCUT2D eigenvalue weighted by molar-refractivity contribution is 0.0690. The van der Waals surface area contributed by atoms with E-state index in [1.54, 1.807) is 6.20 Å². The summed E-state index contributed by atoms with van der Waals surface area (Å²) < 4.78 is 0. The molecule has 102 valence electrons. The van der Waals surface area contributed by atoms with Crippen LogP contribution in [0.5, 0.6) is 0 Å². The predicted octanol–water partition coefficient (Wildman–Crippen LogP) is 1.45. The molecule has 0 saturated carbocycles. The molecule has 2 saturated heterocycles. The van der Waals surface area contributed by atoms with Crippen LogP contribution in [0.3, 0.4) is 0 Å². The summed E-state index contributed by atoms with van der Waals surface area (Å²) in [6, 6.07) is 4.26. The van der Waals surface area contributed by atoms with Gasteiger partial charge in [0.15, 0.2) is 5.69 Å². The number of carbonyl (C=O) groups is 1. The fourth-order valence-electron chi connectivity index (χ4n) is 3.19. The van der Waals surface area contributed by atoms with Gasteiger partial charge in [-0.15, -0.1) is 0 Å². The van der Waals surface area contributed by atoms with Crippen LogP contribution in [-0.2, 0) is 0 Å². The van der Waals surface area contributed by atoms with Crippen molar-refractivity contribution in [3.8, 4) is 0 Å². The van der Waals surface area contributed by atoms with Gasteiger partial charge in [0.2, 0.25) is 0 Å². The zero-order valence-electron chi connectivity index (χ0n) is 11.0. The van der Waals surface area contributed by atoms with Crippen LogP contribution in [0, 0.1) is 0 Å². The lowest BCUT2D eigenvalue weighted by atomic mass is 9.99. The molecule has 2 fully saturated rings. The lowest BCUT2D eigenvalue weighted by Crippen LogP contribution is -2.55. The average Bonchev–Trinajstić information content (AvgIpc) is 2.46. The highest BCUT2D eigenvalue weighted by Crippen LogP contribution is 2.26. The van der Waals surface area contributed by atoms with Crippen LogP contribution < -0.4 is 4.90 Å². The minimum absolute atomic E-state index is 0.173. The number of piperidine rings is 1. The molecule has 2 aliphatic rings. The normalized spacial score (nSPS) is 24.0. The Hall–Kier alpha value is -1.62. The second kappa shape index (κ2) is 5.17. The maximum atomic E-state index is 11.2. The Bertz CT molecular complexity index is 478. The van der Waals surface area contributed by atoms with Crippen LogP contribution in [0.4, 0.5) is 5.69 Å². The number of aromatic nitrogens is 1. The van der Waals surface area contributed by atoms with Crippen LogP contribution in [-0.4, -0.2) is 53.2 Å². The van der Waals surface area contributed by atoms with Crippen molar-refractivity contribution in [2.75, 3.05) is 31.1 Å². The van der Waals surface area contributed by atoms with Gasteiger partial charge in [-0.25, -0.2) is 9.78 Å². The number of pyridine rings is 1. The minimum Gasteiger partial charge on any atom is -0.476 e. The highest BCUT2D eigenvalue weighted by atomic mass is 16.4. The summed E-state index contributed by atoms with van der Waals surface area (Å²) in [7, 11) is 0. The molecule has 3 rings (SSSR count). The molecular formula is C14H19N3O2. The van der Waals surface area contributed by atoms with Gasteiger partial charge in [-0.3, -0.25) is 4.90 Å². The molecule has 2 aliphatic heterocycles. The van der Waals surface area contributed by atoms with Gasteiger partial charge < -0.3 is 10.0 Å². The van der Waals surface area contributed by atoms with Gasteiger partial charge in [-0.1, -0.05) is 6.42 Å². The second-order valence-corrected chi connectivity index (χ2v) is 5.31. The highest BCUT2D eigenvalue weighted by Gasteiger charge is 2.30. The number of anilines is 1. The smallest absolute Gasteiger partial charge is 0.356 e. The Kier molecular flexibility index (Phi) is 3.38. The molecule has 3 heterocycles. The Balaban J connectivity index is 1.81. The molecule has 0 aliphatic carbocycles. The lowest BCUT2D eigenvalue weighted by Gasteiger charge is -2.45. The molecule has 19 heavy (non-hydrogen) atoms. The van der Waals surface area contributed by atoms with Gasteiger partial charge >= 0.3 is 5.97 Å². The molecule has 1 aromatic rings. The number of fused-ring (bicyclic) bond motifs is 1. The first-order chi connectivity index (χ1) is 9.25. The van der Waals surface area contributed by atoms with Gasteiger partial charge in [-0.05, 0) is 31.5 Å². The molecule has 0 radical (unpaired) electrons. The number of nitrogens with zero attached hydrogens (tertiary/aromatic N) is 3. The quantitative estimate of drug-likeness (QED) is 0.873. The van der Waals surface area contributed by atoms with E-state index in [9.17, 15) is 9.90 Å². The maximum Gasteiger partial charge on any atom is 0.356 e. The fourth-order valence-corrected chi connectivity index (χ4v) is 3.19. The monoisotopic (exact) mass is 261 g/mol. The minimum atomic E-state index is -0.943. The molecule has 5 nitrogen and oxygen atoms in total. The first-order valence-corrected chi connectivity index (χ1v) is 6.93. The van der Waals surface area contributed by atoms with E-state index in [1.807, 2.05) is 12.1 Å². The molecule has 0 amide bonds. The van der Waals surface area contributed by atoms with Crippen molar-refractivity contribution >= 4 is 11.7 Å². The van der Waals surface area contributed by atoms with Crippen molar-refractivity contribution in [3.63, 3.8) is 0 Å². The largest absolute Gasteiger partial charge is 0.476 e. The van der Waals surface area contributed by atoms with Crippen LogP contribution in [0.2, 0.25) is 0 Å². The van der Waals surface area contributed by atoms with Crippen LogP contribution in [0.25, 0.3) is 0 Å². The summed E-state index contributed by atoms with van der Waals surface area (Å²) >= 11 is 0. The number of rotatable bonds is 2. The van der Waals surface area contributed by atoms with Crippen molar-refractivity contribution in [1.82, 2.24) is 9.88 Å². The van der Waals surface area contributed by atoms with E-state index < -0.39 is 5.97 Å². The molecule has 1 aromatic heterocycles. The first kappa shape index (κ1) is 12.4. The predicted molar refractivity (Wildman–Crippen MR) is 72.6 cm³/mol. The van der Waals surface area contributed by atoms with E-state index in [2.05, 4.69) is 14.8 Å². The van der Waals surface area contributed by atoms with E-state index >= 15 is 0 Å². The number of aromatic carboxylic acids is 1. The van der Waals surface area contributed by atoms with E-state index in [1.165, 1.54) is 25.8 Å². The van der Waals surface area contributed by atoms with Crippen molar-refractivity contribution < 1.29 is 9.90 Å². The summed E-state index contributed by atoms with van der Waals surface area (Å²) in [4.78, 5) is 20.0. The van der Waals surface area contributed by atoms with E-state index in [0.717, 1.165) is 25.3 Å². The molecule has 1 unspecified atom stereocenters. The number of hydrogen-bond donors (Lipinski definition) is 1. The maximum absolute atomic E-state index is 11.2. The average molecular weight is 261 g/mol. The summed E-state index contributed by atoms with van der Waals surface area (Å²) in [6.45, 7) is 4.03. The molecule has 0 spiro atoms. The van der Waals surface area contributed by atoms with Crippen LogP contribution in [0.15, 0.2) is 18.3 Å². The van der Waals surface area contributed by atoms with Gasteiger partial charge in [0, 0.05) is 31.9 Å². The van der Waals surface area contributed by atoms with Crippen molar-refractivity contribution in [1.29, 1.82) is 0 Å². The Labute approximate surface area is 112 Å². The molecule has 0 bridgehead atoms. The number of carboxylic acid groups (broad SMARTS) is 1. The first-order valence-electron chi connectivity index (χ1n) is 6.93. The van der Waals surface area contributed by atoms with Gasteiger partial charge in [0.25, 0.3) is 0 Å². The third-order valence-corrected chi connectivity index (χ3v) is 4.17. The third-order valence-electron chi connectivity index (χ3n) is 4.17. The zero-order valence-corrected chi connectivity index (χ0v) is 11.0. The fraction of sp³-hybridized carbons (Fsp3) is 0.571. The summed E-state index contributed by atoms with van der Waals surface area (Å²) in [5.41, 5.74) is 0.937. The Morgan fingerprint density at radius 1 is 1.32 bits per heavy atom. The number of piperazine rings is 1. The highest BCUT2D eigenvalue weighted by molar-refractivity contribution is 5.92. The number of carboxylic acids is 1. The van der Waals surface area contributed by atoms with Gasteiger partial charge in [0.1, 0.15) is 0 Å². The van der Waals surface area contributed by atoms with E-state index in [-0.39, 0.29) is 5.69 Å². The van der Waals surface area contributed by atoms with Crippen molar-refractivity contribution in [2.24, 2.45) is 0 Å². The standard InChI is InChI=1S/C14H19N3O2/c18-14(19)13-12(5-3-6-15-13)17-9-8-16-7-2-1-4-11(16)10-17/h3,5-6,11H,1-2,4,7-10H2,(H,18,19). The Morgan fingerprint density at radius 3 is 3.05 bits per heavy atom. The van der Waals surface area contributed by atoms with E-state index in [0.29, 0.717) is 6.04 Å². The second-order valence-electron chi connectivity index (χ2n) is 5.31. The van der Waals surface area contributed by atoms with Crippen LogP contribution in [0.1, 0.15) is 29.8 Å². The topological polar surface area (TPSA) is 56.7 Å². The van der Waals surface area contributed by atoms with Crippen molar-refractivity contribution in [3.05, 3.63) is 24.0 Å². The van der Waals surface area contributed by atoms with E-state index in [4.69, 9.17) is 0 Å². The molecule has 0 aromatic carbocycles. The summed E-state index contributed by atoms with van der Waals surface area (Å²) in [5, 5.41) is 9.23. The third kappa shape index (κ3) is 2.42. The molecular weight excluding hydrogens is 242 g/mol. The molecule has 5 heteroatoms. The van der Waals surface area contributed by atoms with Gasteiger partial charge in [0.05, 0.1) is 5.69 Å². The molecule has 1 atom stereocenters. The summed E-state index contributed by atoms with van der Waals surface area (Å²) in [6.07, 6.45) is 5.35. The van der Waals surface area contributed by atoms with Crippen LogP contribution >= 0.6 is 0 Å². The SMILES string of the molecule is O=C(O)c1ncccc1N1CCN2CCCCC2C1.